The van der Waals surface area contributed by atoms with Gasteiger partial charge in [-0.3, -0.25) is 0 Å². The van der Waals surface area contributed by atoms with Crippen LogP contribution in [0.2, 0.25) is 0 Å². The first-order valence-corrected chi connectivity index (χ1v) is 3.39. The number of nitrogens with two attached hydrogens (primary N) is 1. The molecule has 62 valence electrons. The van der Waals surface area contributed by atoms with E-state index in [-0.39, 0.29) is 0 Å². The highest BCUT2D eigenvalue weighted by Crippen LogP contribution is 2.04. The zero-order valence-corrected chi connectivity index (χ0v) is 6.21. The van der Waals surface area contributed by atoms with Gasteiger partial charge in [-0.25, -0.2) is 4.98 Å². The van der Waals surface area contributed by atoms with Gasteiger partial charge in [0.1, 0.15) is 18.9 Å². The fraction of sp³-hybridized carbons (Fsp3) is 0.167. The molecule has 2 aromatic heterocycles. The topological polar surface area (TPSA) is 82.8 Å². The third kappa shape index (κ3) is 1.08. The molecular weight excluding hydrogens is 158 g/mol. The van der Waals surface area contributed by atoms with E-state index in [1.54, 1.807) is 0 Å². The number of nitrogens with zero attached hydrogens (tertiary/aromatic N) is 4. The van der Waals surface area contributed by atoms with Crippen molar-refractivity contribution < 1.29 is 4.42 Å². The Morgan fingerprint density at radius 2 is 2.50 bits per heavy atom. The van der Waals surface area contributed by atoms with E-state index in [2.05, 4.69) is 15.1 Å². The van der Waals surface area contributed by atoms with Crippen LogP contribution in [0.25, 0.3) is 6.01 Å². The third-order valence-corrected chi connectivity index (χ3v) is 1.36. The molecule has 2 heterocycles. The van der Waals surface area contributed by atoms with Crippen LogP contribution >= 0.6 is 0 Å². The molecule has 0 saturated carbocycles. The average molecular weight is 165 g/mol. The molecule has 6 nitrogen and oxygen atoms in total. The number of hydrogen-bond donors (Lipinski definition) is 1. The van der Waals surface area contributed by atoms with Gasteiger partial charge >= 0.3 is 6.01 Å². The van der Waals surface area contributed by atoms with E-state index in [1.807, 2.05) is 0 Å². The molecule has 0 aliphatic rings. The van der Waals surface area contributed by atoms with Gasteiger partial charge in [0.25, 0.3) is 0 Å². The first kappa shape index (κ1) is 6.99. The standard InChI is InChI=1S/C6H7N5O/c7-1-5-2-12-6(10-5)11-4-8-3-9-11/h2-4H,1,7H2. The highest BCUT2D eigenvalue weighted by atomic mass is 16.4. The van der Waals surface area contributed by atoms with Crippen molar-refractivity contribution in [1.29, 1.82) is 0 Å². The summed E-state index contributed by atoms with van der Waals surface area (Å²) in [7, 11) is 0. The van der Waals surface area contributed by atoms with E-state index in [4.69, 9.17) is 10.2 Å². The molecule has 0 aliphatic heterocycles. The maximum absolute atomic E-state index is 5.35. The lowest BCUT2D eigenvalue weighted by Crippen LogP contribution is -1.98. The second-order valence-corrected chi connectivity index (χ2v) is 2.17. The summed E-state index contributed by atoms with van der Waals surface area (Å²) in [5, 5.41) is 3.84. The molecule has 0 aromatic carbocycles. The van der Waals surface area contributed by atoms with Crippen LogP contribution in [0.1, 0.15) is 5.69 Å². The normalized spacial score (nSPS) is 10.4. The average Bonchev–Trinajstić information content (AvgIpc) is 2.75. The Kier molecular flexibility index (Phi) is 1.60. The quantitative estimate of drug-likeness (QED) is 0.661. The predicted molar refractivity (Wildman–Crippen MR) is 39.3 cm³/mol. The highest BCUT2D eigenvalue weighted by molar-refractivity contribution is 5.06. The molecule has 0 bridgehead atoms. The fourth-order valence-corrected chi connectivity index (χ4v) is 0.802. The number of aromatic nitrogens is 4. The number of oxazole rings is 1. The van der Waals surface area contributed by atoms with Crippen LogP contribution in [-0.2, 0) is 6.54 Å². The van der Waals surface area contributed by atoms with Crippen molar-refractivity contribution in [3.05, 3.63) is 24.6 Å². The Morgan fingerprint density at radius 1 is 1.58 bits per heavy atom. The second kappa shape index (κ2) is 2.74. The molecular formula is C6H7N5O. The Bertz CT molecular complexity index is 352. The van der Waals surface area contributed by atoms with Gasteiger partial charge in [0.05, 0.1) is 5.69 Å². The van der Waals surface area contributed by atoms with Gasteiger partial charge in [-0.05, 0) is 0 Å². The third-order valence-electron chi connectivity index (χ3n) is 1.36. The monoisotopic (exact) mass is 165 g/mol. The Labute approximate surface area is 68.0 Å². The van der Waals surface area contributed by atoms with Crippen molar-refractivity contribution in [2.45, 2.75) is 6.54 Å². The van der Waals surface area contributed by atoms with Crippen LogP contribution in [0.15, 0.2) is 23.3 Å². The summed E-state index contributed by atoms with van der Waals surface area (Å²) in [4.78, 5) is 7.79. The summed E-state index contributed by atoms with van der Waals surface area (Å²) in [6.07, 6.45) is 4.41. The zero-order chi connectivity index (χ0) is 8.39. The summed E-state index contributed by atoms with van der Waals surface area (Å²) in [5.41, 5.74) is 6.04. The van der Waals surface area contributed by atoms with Crippen molar-refractivity contribution in [2.75, 3.05) is 0 Å². The smallest absolute Gasteiger partial charge is 0.324 e. The van der Waals surface area contributed by atoms with Gasteiger partial charge in [-0.15, -0.1) is 0 Å². The molecule has 0 spiro atoms. The summed E-state index contributed by atoms with van der Waals surface area (Å²) < 4.78 is 6.50. The second-order valence-electron chi connectivity index (χ2n) is 2.17. The van der Waals surface area contributed by atoms with Gasteiger partial charge in [-0.2, -0.15) is 14.8 Å². The first-order valence-electron chi connectivity index (χ1n) is 3.39. The van der Waals surface area contributed by atoms with Gasteiger partial charge in [-0.1, -0.05) is 0 Å². The van der Waals surface area contributed by atoms with Crippen LogP contribution < -0.4 is 5.73 Å². The van der Waals surface area contributed by atoms with Crippen molar-refractivity contribution in [3.8, 4) is 6.01 Å². The number of rotatable bonds is 2. The lowest BCUT2D eigenvalue weighted by atomic mass is 10.5. The first-order chi connectivity index (χ1) is 5.90. The van der Waals surface area contributed by atoms with Crippen LogP contribution in [0.4, 0.5) is 0 Å². The summed E-state index contributed by atoms with van der Waals surface area (Å²) in [5.74, 6) is 0. The number of hydrogen-bond acceptors (Lipinski definition) is 5. The maximum Gasteiger partial charge on any atom is 0.324 e. The summed E-state index contributed by atoms with van der Waals surface area (Å²) >= 11 is 0. The van der Waals surface area contributed by atoms with Crippen molar-refractivity contribution in [1.82, 2.24) is 19.7 Å². The van der Waals surface area contributed by atoms with Crippen LogP contribution in [0.3, 0.4) is 0 Å². The molecule has 0 atom stereocenters. The van der Waals surface area contributed by atoms with Crippen molar-refractivity contribution in [2.24, 2.45) is 5.73 Å². The van der Waals surface area contributed by atoms with Crippen LogP contribution in [-0.4, -0.2) is 19.7 Å². The van der Waals surface area contributed by atoms with Gasteiger partial charge < -0.3 is 10.2 Å². The van der Waals surface area contributed by atoms with E-state index in [9.17, 15) is 0 Å². The van der Waals surface area contributed by atoms with Gasteiger partial charge in [0.2, 0.25) is 0 Å². The minimum Gasteiger partial charge on any atom is -0.430 e. The molecule has 2 rings (SSSR count). The Balaban J connectivity index is 2.35. The maximum atomic E-state index is 5.35. The largest absolute Gasteiger partial charge is 0.430 e. The van der Waals surface area contributed by atoms with Gasteiger partial charge in [0, 0.05) is 6.54 Å². The zero-order valence-electron chi connectivity index (χ0n) is 6.21. The molecule has 2 aromatic rings. The molecule has 0 fully saturated rings. The lowest BCUT2D eigenvalue weighted by molar-refractivity contribution is 0.509. The Morgan fingerprint density at radius 3 is 3.08 bits per heavy atom. The van der Waals surface area contributed by atoms with E-state index < -0.39 is 0 Å². The summed E-state index contributed by atoms with van der Waals surface area (Å²) in [6.45, 7) is 0.359. The minimum absolute atomic E-state index is 0.359. The molecule has 0 radical (unpaired) electrons. The van der Waals surface area contributed by atoms with Crippen LogP contribution in [0.5, 0.6) is 0 Å². The predicted octanol–water partition coefficient (Wildman–Crippen LogP) is -0.286. The fourth-order valence-electron chi connectivity index (χ4n) is 0.802. The molecule has 6 heteroatoms. The molecule has 0 amide bonds. The molecule has 2 N–H and O–H groups in total. The van der Waals surface area contributed by atoms with Crippen molar-refractivity contribution in [3.63, 3.8) is 0 Å². The van der Waals surface area contributed by atoms with E-state index >= 15 is 0 Å². The van der Waals surface area contributed by atoms with Gasteiger partial charge in [0.15, 0.2) is 0 Å². The van der Waals surface area contributed by atoms with E-state index in [0.29, 0.717) is 18.3 Å². The SMILES string of the molecule is NCc1coc(-n2cncn2)n1. The van der Waals surface area contributed by atoms with Crippen LogP contribution in [0, 0.1) is 0 Å². The molecule has 0 saturated heterocycles. The molecule has 12 heavy (non-hydrogen) atoms. The van der Waals surface area contributed by atoms with E-state index in [0.717, 1.165) is 0 Å². The molecule has 0 aliphatic carbocycles. The highest BCUT2D eigenvalue weighted by Gasteiger charge is 2.03. The summed E-state index contributed by atoms with van der Waals surface area (Å²) in [6, 6.07) is 0.382. The lowest BCUT2D eigenvalue weighted by Gasteiger charge is -1.88. The van der Waals surface area contributed by atoms with E-state index in [1.165, 1.54) is 23.6 Å². The van der Waals surface area contributed by atoms with Crippen molar-refractivity contribution >= 4 is 0 Å². The molecule has 0 unspecified atom stereocenters. The minimum atomic E-state index is 0.359. The Hall–Kier alpha value is -1.69.